The van der Waals surface area contributed by atoms with Crippen LogP contribution in [0.5, 0.6) is 5.75 Å². The van der Waals surface area contributed by atoms with Gasteiger partial charge in [0.05, 0.1) is 25.0 Å². The van der Waals surface area contributed by atoms with Gasteiger partial charge in [-0.3, -0.25) is 4.79 Å². The molecule has 1 aromatic carbocycles. The van der Waals surface area contributed by atoms with Crippen molar-refractivity contribution >= 4 is 15.9 Å². The number of hydrogen-bond donors (Lipinski definition) is 1. The van der Waals surface area contributed by atoms with Crippen LogP contribution in [0.4, 0.5) is 17.6 Å². The lowest BCUT2D eigenvalue weighted by Gasteiger charge is -2.32. The van der Waals surface area contributed by atoms with Crippen LogP contribution in [0.2, 0.25) is 0 Å². The van der Waals surface area contributed by atoms with Crippen molar-refractivity contribution in [2.24, 2.45) is 0 Å². The van der Waals surface area contributed by atoms with Gasteiger partial charge in [-0.1, -0.05) is 0 Å². The number of rotatable bonds is 2. The van der Waals surface area contributed by atoms with Crippen LogP contribution < -0.4 is 9.46 Å². The van der Waals surface area contributed by atoms with E-state index < -0.39 is 57.4 Å². The molecular formula is C20H24F4N2O5S. The minimum absolute atomic E-state index is 0.0396. The molecule has 1 aromatic rings. The van der Waals surface area contributed by atoms with E-state index >= 15 is 0 Å². The largest absolute Gasteiger partial charge is 0.482 e. The molecule has 5 rings (SSSR count). The third-order valence-electron chi connectivity index (χ3n) is 6.31. The number of benzene rings is 1. The zero-order valence-corrected chi connectivity index (χ0v) is 18.1. The number of alkyl halides is 2. The highest BCUT2D eigenvalue weighted by Crippen LogP contribution is 2.42. The summed E-state index contributed by atoms with van der Waals surface area (Å²) in [4.78, 5) is 13.6. The molecule has 1 unspecified atom stereocenters. The van der Waals surface area contributed by atoms with Gasteiger partial charge in [-0.05, 0) is 44.1 Å². The fraction of sp³-hybridized carbons (Fsp3) is 0.650. The fourth-order valence-electron chi connectivity index (χ4n) is 4.83. The van der Waals surface area contributed by atoms with E-state index in [-0.39, 0.29) is 31.2 Å². The van der Waals surface area contributed by atoms with Gasteiger partial charge in [-0.2, -0.15) is 8.78 Å². The first-order valence-electron chi connectivity index (χ1n) is 10.4. The minimum Gasteiger partial charge on any atom is -0.422 e. The van der Waals surface area contributed by atoms with Gasteiger partial charge in [0.15, 0.2) is 11.6 Å². The Morgan fingerprint density at radius 1 is 1.12 bits per heavy atom. The van der Waals surface area contributed by atoms with Crippen LogP contribution in [0.1, 0.15) is 43.6 Å². The van der Waals surface area contributed by atoms with Gasteiger partial charge < -0.3 is 14.4 Å². The molecule has 1 saturated heterocycles. The predicted octanol–water partition coefficient (Wildman–Crippen LogP) is 2.51. The molecule has 1 aliphatic carbocycles. The van der Waals surface area contributed by atoms with Crippen LogP contribution >= 0.6 is 0 Å². The number of nitrogens with one attached hydrogen (secondary N) is 1. The summed E-state index contributed by atoms with van der Waals surface area (Å²) in [6.45, 7) is -0.300. The number of carbonyl (C=O) groups is 1. The van der Waals surface area contributed by atoms with Crippen LogP contribution in [0.3, 0.4) is 0 Å². The second-order valence-electron chi connectivity index (χ2n) is 8.58. The maximum atomic E-state index is 14.9. The molecule has 3 aliphatic heterocycles. The summed E-state index contributed by atoms with van der Waals surface area (Å²) < 4.78 is 94.6. The SMILES string of the molecule is CS(=O)(=O)NC1CCN2C(=O)C(F)(F)Oc3c(F)cc(F)cc3C3CCC(CC3)OC[C@@H]12. The highest BCUT2D eigenvalue weighted by Gasteiger charge is 2.52. The van der Waals surface area contributed by atoms with E-state index in [0.29, 0.717) is 31.7 Å². The topological polar surface area (TPSA) is 84.9 Å². The number of sulfonamides is 1. The molecule has 1 amide bonds. The van der Waals surface area contributed by atoms with E-state index in [2.05, 4.69) is 9.46 Å². The molecule has 0 aromatic heterocycles. The monoisotopic (exact) mass is 480 g/mol. The number of amides is 1. The number of ether oxygens (including phenoxy) is 2. The summed E-state index contributed by atoms with van der Waals surface area (Å²) in [5.74, 6) is -5.23. The van der Waals surface area contributed by atoms with E-state index in [1.54, 1.807) is 0 Å². The van der Waals surface area contributed by atoms with Gasteiger partial charge in [0.25, 0.3) is 0 Å². The number of carbonyl (C=O) groups excluding carboxylic acids is 1. The summed E-state index contributed by atoms with van der Waals surface area (Å²) in [5.41, 5.74) is -0.0396. The van der Waals surface area contributed by atoms with Gasteiger partial charge in [0.1, 0.15) is 5.82 Å². The lowest BCUT2D eigenvalue weighted by molar-refractivity contribution is -0.206. The van der Waals surface area contributed by atoms with E-state index in [1.807, 2.05) is 0 Å². The van der Waals surface area contributed by atoms with Gasteiger partial charge >= 0.3 is 12.0 Å². The van der Waals surface area contributed by atoms with Crippen molar-refractivity contribution in [3.63, 3.8) is 0 Å². The molecule has 0 spiro atoms. The molecule has 178 valence electrons. The first-order valence-corrected chi connectivity index (χ1v) is 12.3. The second kappa shape index (κ2) is 8.45. The molecule has 1 N–H and O–H groups in total. The molecule has 2 fully saturated rings. The van der Waals surface area contributed by atoms with Crippen molar-refractivity contribution in [2.75, 3.05) is 19.4 Å². The smallest absolute Gasteiger partial charge is 0.422 e. The zero-order chi connectivity index (χ0) is 23.3. The van der Waals surface area contributed by atoms with Crippen molar-refractivity contribution in [3.8, 4) is 5.75 Å². The Hall–Kier alpha value is -1.92. The quantitative estimate of drug-likeness (QED) is 0.658. The minimum atomic E-state index is -4.45. The maximum absolute atomic E-state index is 14.9. The Kier molecular flexibility index (Phi) is 6.14. The van der Waals surface area contributed by atoms with Crippen LogP contribution in [-0.4, -0.2) is 62.9 Å². The summed E-state index contributed by atoms with van der Waals surface area (Å²) in [5, 5.41) is 0. The molecule has 1 saturated carbocycles. The second-order valence-corrected chi connectivity index (χ2v) is 10.4. The molecule has 32 heavy (non-hydrogen) atoms. The Bertz CT molecular complexity index is 998. The van der Waals surface area contributed by atoms with E-state index in [1.165, 1.54) is 0 Å². The van der Waals surface area contributed by atoms with Crippen molar-refractivity contribution in [3.05, 3.63) is 29.3 Å². The van der Waals surface area contributed by atoms with Crippen LogP contribution in [0, 0.1) is 11.6 Å². The first-order chi connectivity index (χ1) is 14.9. The highest BCUT2D eigenvalue weighted by atomic mass is 32.2. The average Bonchev–Trinajstić information content (AvgIpc) is 3.08. The number of hydrogen-bond acceptors (Lipinski definition) is 5. The summed E-state index contributed by atoms with van der Waals surface area (Å²) in [6.07, 6.45) is -1.75. The van der Waals surface area contributed by atoms with E-state index in [9.17, 15) is 30.8 Å². The van der Waals surface area contributed by atoms with Gasteiger partial charge in [-0.15, -0.1) is 0 Å². The van der Waals surface area contributed by atoms with Crippen molar-refractivity contribution in [1.29, 1.82) is 0 Å². The molecule has 7 nitrogen and oxygen atoms in total. The number of halogens is 4. The Morgan fingerprint density at radius 2 is 1.81 bits per heavy atom. The zero-order valence-electron chi connectivity index (χ0n) is 17.3. The normalized spacial score (nSPS) is 30.5. The number of fused-ring (bicyclic) bond motifs is 5. The van der Waals surface area contributed by atoms with Gasteiger partial charge in [0.2, 0.25) is 10.0 Å². The Morgan fingerprint density at radius 3 is 2.47 bits per heavy atom. The highest BCUT2D eigenvalue weighted by molar-refractivity contribution is 7.88. The van der Waals surface area contributed by atoms with Crippen LogP contribution in [0.15, 0.2) is 12.1 Å². The van der Waals surface area contributed by atoms with Crippen molar-refractivity contribution < 1.29 is 40.2 Å². The maximum Gasteiger partial charge on any atom is 0.482 e. The lowest BCUT2D eigenvalue weighted by atomic mass is 9.82. The molecule has 3 heterocycles. The third-order valence-corrected chi connectivity index (χ3v) is 7.04. The average molecular weight is 480 g/mol. The Labute approximate surface area is 183 Å². The molecule has 4 aliphatic rings. The summed E-state index contributed by atoms with van der Waals surface area (Å²) in [7, 11) is -3.67. The first kappa shape index (κ1) is 23.2. The summed E-state index contributed by atoms with van der Waals surface area (Å²) >= 11 is 0. The number of nitrogens with zero attached hydrogens (tertiary/aromatic N) is 1. The van der Waals surface area contributed by atoms with Crippen LogP contribution in [-0.2, 0) is 19.6 Å². The third kappa shape index (κ3) is 4.72. The Balaban J connectivity index is 1.73. The van der Waals surface area contributed by atoms with Gasteiger partial charge in [-0.25, -0.2) is 21.9 Å². The fourth-order valence-corrected chi connectivity index (χ4v) is 5.65. The van der Waals surface area contributed by atoms with Crippen LogP contribution in [0.25, 0.3) is 0 Å². The molecule has 0 radical (unpaired) electrons. The lowest BCUT2D eigenvalue weighted by Crippen LogP contribution is -2.54. The van der Waals surface area contributed by atoms with E-state index in [4.69, 9.17) is 4.74 Å². The standard InChI is InChI=1S/C20H24F4N2O5S/c1-32(28,29)25-16-6-7-26-17(16)10-30-13-4-2-11(3-5-13)14-8-12(21)9-15(22)18(14)31-20(23,24)19(26)27/h8-9,11,13,16-17,25H,2-7,10H2,1H3/t11?,13?,16?,17-/m0/s1. The van der Waals surface area contributed by atoms with Gasteiger partial charge in [0, 0.05) is 24.2 Å². The van der Waals surface area contributed by atoms with Crippen molar-refractivity contribution in [1.82, 2.24) is 9.62 Å². The van der Waals surface area contributed by atoms with Crippen molar-refractivity contribution in [2.45, 2.75) is 62.3 Å². The van der Waals surface area contributed by atoms with E-state index in [0.717, 1.165) is 17.2 Å². The molecule has 2 atom stereocenters. The predicted molar refractivity (Wildman–Crippen MR) is 105 cm³/mol. The molecule has 12 heteroatoms. The molecule has 2 bridgehead atoms. The molecular weight excluding hydrogens is 456 g/mol. The summed E-state index contributed by atoms with van der Waals surface area (Å²) in [6, 6.07) is -0.390.